The number of aliphatic hydroxyl groups is 1. The molecule has 0 amide bonds. The predicted molar refractivity (Wildman–Crippen MR) is 80.2 cm³/mol. The van der Waals surface area contributed by atoms with Gasteiger partial charge < -0.3 is 10.0 Å². The van der Waals surface area contributed by atoms with E-state index in [-0.39, 0.29) is 0 Å². The summed E-state index contributed by atoms with van der Waals surface area (Å²) in [6.45, 7) is 9.75. The summed E-state index contributed by atoms with van der Waals surface area (Å²) in [6, 6.07) is 8.57. The molecule has 1 aromatic carbocycles. The second-order valence-corrected chi connectivity index (χ2v) is 6.26. The van der Waals surface area contributed by atoms with Gasteiger partial charge in [0, 0.05) is 13.1 Å². The molecule has 1 heterocycles. The fourth-order valence-electron chi connectivity index (χ4n) is 2.99. The Morgan fingerprint density at radius 2 is 1.95 bits per heavy atom. The lowest BCUT2D eigenvalue weighted by Gasteiger charge is -2.38. The smallest absolute Gasteiger partial charge is 0.0921 e. The third-order valence-corrected chi connectivity index (χ3v) is 4.24. The van der Waals surface area contributed by atoms with Crippen molar-refractivity contribution in [2.45, 2.75) is 45.6 Å². The molecule has 2 nitrogen and oxygen atoms in total. The van der Waals surface area contributed by atoms with E-state index in [0.717, 1.165) is 44.5 Å². The van der Waals surface area contributed by atoms with E-state index < -0.39 is 5.60 Å². The van der Waals surface area contributed by atoms with Gasteiger partial charge in [-0.05, 0) is 42.9 Å². The quantitative estimate of drug-likeness (QED) is 0.900. The Bertz CT molecular complexity index is 405. The molecule has 2 rings (SSSR count). The molecule has 1 N–H and O–H groups in total. The van der Waals surface area contributed by atoms with Gasteiger partial charge in [-0.2, -0.15) is 0 Å². The molecular formula is C17H27NO. The van der Waals surface area contributed by atoms with Gasteiger partial charge in [0.15, 0.2) is 0 Å². The molecule has 0 aliphatic carbocycles. The molecule has 1 aromatic rings. The van der Waals surface area contributed by atoms with E-state index in [1.54, 1.807) is 0 Å². The molecule has 0 spiro atoms. The van der Waals surface area contributed by atoms with Gasteiger partial charge in [-0.3, -0.25) is 0 Å². The maximum absolute atomic E-state index is 10.9. The van der Waals surface area contributed by atoms with Gasteiger partial charge in [0.05, 0.1) is 5.60 Å². The minimum Gasteiger partial charge on any atom is -0.385 e. The second-order valence-electron chi connectivity index (χ2n) is 6.26. The van der Waals surface area contributed by atoms with Gasteiger partial charge in [-0.15, -0.1) is 0 Å². The van der Waals surface area contributed by atoms with Crippen LogP contribution in [0.5, 0.6) is 0 Å². The lowest BCUT2D eigenvalue weighted by atomic mass is 9.83. The van der Waals surface area contributed by atoms with Crippen LogP contribution in [0.15, 0.2) is 24.3 Å². The van der Waals surface area contributed by atoms with Crippen molar-refractivity contribution in [2.75, 3.05) is 19.6 Å². The predicted octanol–water partition coefficient (Wildman–Crippen LogP) is 3.19. The van der Waals surface area contributed by atoms with Gasteiger partial charge in [0.2, 0.25) is 0 Å². The van der Waals surface area contributed by atoms with Crippen LogP contribution in [0.25, 0.3) is 0 Å². The highest BCUT2D eigenvalue weighted by molar-refractivity contribution is 5.29. The van der Waals surface area contributed by atoms with Crippen molar-refractivity contribution < 1.29 is 5.11 Å². The van der Waals surface area contributed by atoms with Gasteiger partial charge in [0.25, 0.3) is 0 Å². The summed E-state index contributed by atoms with van der Waals surface area (Å²) in [5.74, 6) is 0.659. The SMILES string of the molecule is CCN1CCC(O)(c2cccc(CC(C)C)c2)CC1. The maximum Gasteiger partial charge on any atom is 0.0921 e. The molecule has 106 valence electrons. The van der Waals surface area contributed by atoms with E-state index in [1.165, 1.54) is 5.56 Å². The molecule has 0 saturated carbocycles. The van der Waals surface area contributed by atoms with Crippen LogP contribution in [-0.4, -0.2) is 29.6 Å². The molecule has 0 unspecified atom stereocenters. The van der Waals surface area contributed by atoms with Crippen molar-refractivity contribution in [2.24, 2.45) is 5.92 Å². The Morgan fingerprint density at radius 3 is 2.53 bits per heavy atom. The summed E-state index contributed by atoms with van der Waals surface area (Å²) in [7, 11) is 0. The fraction of sp³-hybridized carbons (Fsp3) is 0.647. The summed E-state index contributed by atoms with van der Waals surface area (Å²) < 4.78 is 0. The largest absolute Gasteiger partial charge is 0.385 e. The van der Waals surface area contributed by atoms with Crippen molar-refractivity contribution in [3.63, 3.8) is 0 Å². The Labute approximate surface area is 117 Å². The Hall–Kier alpha value is -0.860. The summed E-state index contributed by atoms with van der Waals surface area (Å²) in [4.78, 5) is 2.41. The Morgan fingerprint density at radius 1 is 1.26 bits per heavy atom. The standard InChI is InChI=1S/C17H27NO/c1-4-18-10-8-17(19,9-11-18)16-7-5-6-15(13-16)12-14(2)3/h5-7,13-14,19H,4,8-12H2,1-3H3. The van der Waals surface area contributed by atoms with Crippen molar-refractivity contribution >= 4 is 0 Å². The van der Waals surface area contributed by atoms with Crippen LogP contribution in [-0.2, 0) is 12.0 Å². The number of benzene rings is 1. The van der Waals surface area contributed by atoms with Gasteiger partial charge in [-0.1, -0.05) is 45.0 Å². The van der Waals surface area contributed by atoms with Crippen LogP contribution < -0.4 is 0 Å². The van der Waals surface area contributed by atoms with Crippen molar-refractivity contribution in [1.29, 1.82) is 0 Å². The first-order chi connectivity index (χ1) is 9.03. The van der Waals surface area contributed by atoms with Gasteiger partial charge in [-0.25, -0.2) is 0 Å². The van der Waals surface area contributed by atoms with Gasteiger partial charge in [0.1, 0.15) is 0 Å². The van der Waals surface area contributed by atoms with Crippen LogP contribution in [0.1, 0.15) is 44.7 Å². The number of piperidine rings is 1. The zero-order valence-electron chi connectivity index (χ0n) is 12.5. The normalized spacial score (nSPS) is 19.8. The molecule has 19 heavy (non-hydrogen) atoms. The van der Waals surface area contributed by atoms with Crippen LogP contribution >= 0.6 is 0 Å². The average Bonchev–Trinajstić information content (AvgIpc) is 2.39. The first-order valence-electron chi connectivity index (χ1n) is 7.57. The van der Waals surface area contributed by atoms with E-state index >= 15 is 0 Å². The lowest BCUT2D eigenvalue weighted by Crippen LogP contribution is -2.42. The van der Waals surface area contributed by atoms with Crippen molar-refractivity contribution in [1.82, 2.24) is 4.90 Å². The highest BCUT2D eigenvalue weighted by Crippen LogP contribution is 2.33. The molecule has 1 aliphatic heterocycles. The Kier molecular flexibility index (Phi) is 4.64. The number of nitrogens with zero attached hydrogens (tertiary/aromatic N) is 1. The van der Waals surface area contributed by atoms with E-state index in [0.29, 0.717) is 5.92 Å². The van der Waals surface area contributed by atoms with E-state index in [1.807, 2.05) is 0 Å². The van der Waals surface area contributed by atoms with E-state index in [9.17, 15) is 5.11 Å². The van der Waals surface area contributed by atoms with E-state index in [2.05, 4.69) is 49.9 Å². The van der Waals surface area contributed by atoms with Crippen LogP contribution in [0, 0.1) is 5.92 Å². The average molecular weight is 261 g/mol. The van der Waals surface area contributed by atoms with Crippen molar-refractivity contribution in [3.05, 3.63) is 35.4 Å². The fourth-order valence-corrected chi connectivity index (χ4v) is 2.99. The molecule has 2 heteroatoms. The molecule has 0 aromatic heterocycles. The van der Waals surface area contributed by atoms with E-state index in [4.69, 9.17) is 0 Å². The van der Waals surface area contributed by atoms with Crippen molar-refractivity contribution in [3.8, 4) is 0 Å². The summed E-state index contributed by atoms with van der Waals surface area (Å²) >= 11 is 0. The molecule has 0 bridgehead atoms. The van der Waals surface area contributed by atoms with Crippen LogP contribution in [0.4, 0.5) is 0 Å². The van der Waals surface area contributed by atoms with Crippen LogP contribution in [0.3, 0.4) is 0 Å². The minimum absolute atomic E-state index is 0.612. The Balaban J connectivity index is 2.12. The number of hydrogen-bond acceptors (Lipinski definition) is 2. The lowest BCUT2D eigenvalue weighted by molar-refractivity contribution is -0.0247. The zero-order chi connectivity index (χ0) is 13.9. The monoisotopic (exact) mass is 261 g/mol. The third kappa shape index (κ3) is 3.58. The summed E-state index contributed by atoms with van der Waals surface area (Å²) in [5.41, 5.74) is 1.85. The molecule has 0 radical (unpaired) electrons. The third-order valence-electron chi connectivity index (χ3n) is 4.24. The first kappa shape index (κ1) is 14.5. The maximum atomic E-state index is 10.9. The number of likely N-dealkylation sites (tertiary alicyclic amines) is 1. The highest BCUT2D eigenvalue weighted by Gasteiger charge is 2.33. The molecule has 0 atom stereocenters. The highest BCUT2D eigenvalue weighted by atomic mass is 16.3. The van der Waals surface area contributed by atoms with Gasteiger partial charge >= 0.3 is 0 Å². The minimum atomic E-state index is -0.612. The first-order valence-corrected chi connectivity index (χ1v) is 7.57. The topological polar surface area (TPSA) is 23.5 Å². The molecule has 1 saturated heterocycles. The summed E-state index contributed by atoms with van der Waals surface area (Å²) in [6.07, 6.45) is 2.79. The second kappa shape index (κ2) is 6.06. The number of hydrogen-bond donors (Lipinski definition) is 1. The number of rotatable bonds is 4. The molecular weight excluding hydrogens is 234 g/mol. The zero-order valence-corrected chi connectivity index (χ0v) is 12.5. The molecule has 1 fully saturated rings. The summed E-state index contributed by atoms with van der Waals surface area (Å²) in [5, 5.41) is 10.9. The molecule has 1 aliphatic rings. The van der Waals surface area contributed by atoms with Crippen LogP contribution in [0.2, 0.25) is 0 Å².